The molecule has 2 heterocycles. The average molecular weight is 264 g/mol. The van der Waals surface area contributed by atoms with E-state index in [1.165, 1.54) is 0 Å². The lowest BCUT2D eigenvalue weighted by atomic mass is 10.1. The van der Waals surface area contributed by atoms with Crippen LogP contribution in [-0.2, 0) is 6.54 Å². The van der Waals surface area contributed by atoms with Gasteiger partial charge in [-0.05, 0) is 6.42 Å². The van der Waals surface area contributed by atoms with E-state index in [-0.39, 0.29) is 12.0 Å². The van der Waals surface area contributed by atoms with E-state index in [9.17, 15) is 0 Å². The lowest BCUT2D eigenvalue weighted by Crippen LogP contribution is -2.10. The summed E-state index contributed by atoms with van der Waals surface area (Å²) in [5.74, 6) is 1.49. The van der Waals surface area contributed by atoms with E-state index < -0.39 is 0 Å². The second-order valence-electron chi connectivity index (χ2n) is 4.94. The van der Waals surface area contributed by atoms with Gasteiger partial charge >= 0.3 is 0 Å². The molecular weight excluding hydrogens is 244 g/mol. The quantitative estimate of drug-likeness (QED) is 0.852. The Balaban J connectivity index is 2.02. The summed E-state index contributed by atoms with van der Waals surface area (Å²) < 4.78 is 6.84. The summed E-state index contributed by atoms with van der Waals surface area (Å²) in [4.78, 5) is 4.30. The van der Waals surface area contributed by atoms with E-state index in [0.29, 0.717) is 18.3 Å². The zero-order chi connectivity index (χ0) is 13.8. The molecule has 7 nitrogen and oxygen atoms in total. The van der Waals surface area contributed by atoms with E-state index in [0.717, 1.165) is 18.5 Å². The summed E-state index contributed by atoms with van der Waals surface area (Å²) in [6.45, 7) is 6.56. The van der Waals surface area contributed by atoms with Crippen molar-refractivity contribution in [2.75, 3.05) is 0 Å². The molecule has 2 N–H and O–H groups in total. The molecule has 0 saturated heterocycles. The standard InChI is InChI=1S/C12H20N6O/c1-4-5-9(13)10-6-18(17-15-10)7-11-14-12(8(2)3)16-19-11/h6,8-9H,4-5,7,13H2,1-3H3. The highest BCUT2D eigenvalue weighted by Crippen LogP contribution is 2.13. The van der Waals surface area contributed by atoms with Crippen LogP contribution in [0.1, 0.15) is 63.0 Å². The first kappa shape index (κ1) is 13.7. The third-order valence-electron chi connectivity index (χ3n) is 2.83. The van der Waals surface area contributed by atoms with E-state index in [4.69, 9.17) is 10.3 Å². The van der Waals surface area contributed by atoms with Gasteiger partial charge in [0.2, 0.25) is 5.89 Å². The van der Waals surface area contributed by atoms with Crippen molar-refractivity contribution in [3.05, 3.63) is 23.6 Å². The summed E-state index contributed by atoms with van der Waals surface area (Å²) in [6, 6.07) is -0.0624. The lowest BCUT2D eigenvalue weighted by Gasteiger charge is -2.04. The highest BCUT2D eigenvalue weighted by Gasteiger charge is 2.13. The molecule has 0 fully saturated rings. The molecule has 0 aliphatic carbocycles. The number of aromatic nitrogens is 5. The maximum atomic E-state index is 5.99. The van der Waals surface area contributed by atoms with Crippen molar-refractivity contribution >= 4 is 0 Å². The number of hydrogen-bond acceptors (Lipinski definition) is 6. The topological polar surface area (TPSA) is 95.7 Å². The van der Waals surface area contributed by atoms with Gasteiger partial charge in [-0.15, -0.1) is 5.10 Å². The molecule has 0 aromatic carbocycles. The third kappa shape index (κ3) is 3.37. The van der Waals surface area contributed by atoms with Crippen molar-refractivity contribution < 1.29 is 4.52 Å². The van der Waals surface area contributed by atoms with Gasteiger partial charge in [0.15, 0.2) is 5.82 Å². The highest BCUT2D eigenvalue weighted by molar-refractivity contribution is 5.00. The monoisotopic (exact) mass is 264 g/mol. The fraction of sp³-hybridized carbons (Fsp3) is 0.667. The van der Waals surface area contributed by atoms with Crippen LogP contribution in [0.2, 0.25) is 0 Å². The zero-order valence-corrected chi connectivity index (χ0v) is 11.6. The maximum Gasteiger partial charge on any atom is 0.248 e. The molecule has 1 atom stereocenters. The molecule has 0 bridgehead atoms. The number of rotatable bonds is 6. The van der Waals surface area contributed by atoms with Crippen LogP contribution < -0.4 is 5.73 Å². The van der Waals surface area contributed by atoms with E-state index in [1.54, 1.807) is 4.68 Å². The average Bonchev–Trinajstić information content (AvgIpc) is 2.99. The minimum Gasteiger partial charge on any atom is -0.337 e. The summed E-state index contributed by atoms with van der Waals surface area (Å²) in [5.41, 5.74) is 6.79. The van der Waals surface area contributed by atoms with Crippen molar-refractivity contribution in [3.63, 3.8) is 0 Å². The Bertz CT molecular complexity index is 518. The van der Waals surface area contributed by atoms with Gasteiger partial charge in [-0.25, -0.2) is 4.68 Å². The fourth-order valence-corrected chi connectivity index (χ4v) is 1.72. The normalized spacial score (nSPS) is 13.1. The van der Waals surface area contributed by atoms with Crippen LogP contribution in [0.25, 0.3) is 0 Å². The Morgan fingerprint density at radius 2 is 2.21 bits per heavy atom. The maximum absolute atomic E-state index is 5.99. The summed E-state index contributed by atoms with van der Waals surface area (Å²) in [7, 11) is 0. The molecule has 0 radical (unpaired) electrons. The Morgan fingerprint density at radius 3 is 2.84 bits per heavy atom. The molecule has 7 heteroatoms. The molecule has 0 aliphatic rings. The molecule has 2 aromatic rings. The third-order valence-corrected chi connectivity index (χ3v) is 2.83. The Morgan fingerprint density at radius 1 is 1.42 bits per heavy atom. The van der Waals surface area contributed by atoms with E-state index in [1.807, 2.05) is 20.0 Å². The van der Waals surface area contributed by atoms with Crippen LogP contribution in [0, 0.1) is 0 Å². The van der Waals surface area contributed by atoms with Gasteiger partial charge in [0.25, 0.3) is 0 Å². The second-order valence-corrected chi connectivity index (χ2v) is 4.94. The summed E-state index contributed by atoms with van der Waals surface area (Å²) in [6.07, 6.45) is 3.76. The second kappa shape index (κ2) is 5.92. The smallest absolute Gasteiger partial charge is 0.248 e. The molecule has 0 amide bonds. The van der Waals surface area contributed by atoms with Crippen LogP contribution in [0.15, 0.2) is 10.7 Å². The van der Waals surface area contributed by atoms with Gasteiger partial charge in [0.1, 0.15) is 6.54 Å². The van der Waals surface area contributed by atoms with E-state index in [2.05, 4.69) is 27.4 Å². The van der Waals surface area contributed by atoms with Gasteiger partial charge in [-0.1, -0.05) is 37.6 Å². The van der Waals surface area contributed by atoms with Gasteiger partial charge in [0.05, 0.1) is 17.9 Å². The number of nitrogens with two attached hydrogens (primary N) is 1. The van der Waals surface area contributed by atoms with Gasteiger partial charge in [-0.2, -0.15) is 4.98 Å². The molecule has 0 spiro atoms. The SMILES string of the molecule is CCCC(N)c1cn(Cc2nc(C(C)C)no2)nn1. The first-order chi connectivity index (χ1) is 9.10. The Labute approximate surface area is 112 Å². The highest BCUT2D eigenvalue weighted by atomic mass is 16.5. The van der Waals surface area contributed by atoms with Crippen LogP contribution >= 0.6 is 0 Å². The van der Waals surface area contributed by atoms with Crippen LogP contribution in [0.4, 0.5) is 0 Å². The van der Waals surface area contributed by atoms with Crippen molar-refractivity contribution in [2.24, 2.45) is 5.73 Å². The summed E-state index contributed by atoms with van der Waals surface area (Å²) >= 11 is 0. The lowest BCUT2D eigenvalue weighted by molar-refractivity contribution is 0.358. The van der Waals surface area contributed by atoms with Gasteiger partial charge in [0, 0.05) is 5.92 Å². The largest absolute Gasteiger partial charge is 0.337 e. The molecule has 0 saturated carbocycles. The molecule has 2 rings (SSSR count). The molecule has 0 aliphatic heterocycles. The zero-order valence-electron chi connectivity index (χ0n) is 11.6. The van der Waals surface area contributed by atoms with Gasteiger partial charge < -0.3 is 10.3 Å². The minimum absolute atomic E-state index is 0.0624. The van der Waals surface area contributed by atoms with Crippen LogP contribution in [-0.4, -0.2) is 25.1 Å². The molecule has 2 aromatic heterocycles. The molecule has 104 valence electrons. The van der Waals surface area contributed by atoms with Crippen molar-refractivity contribution in [2.45, 2.75) is 52.1 Å². The van der Waals surface area contributed by atoms with Crippen molar-refractivity contribution in [1.82, 2.24) is 25.1 Å². The Hall–Kier alpha value is -1.76. The predicted octanol–water partition coefficient (Wildman–Crippen LogP) is 1.63. The summed E-state index contributed by atoms with van der Waals surface area (Å²) in [5, 5.41) is 12.0. The fourth-order valence-electron chi connectivity index (χ4n) is 1.72. The van der Waals surface area contributed by atoms with Gasteiger partial charge in [-0.3, -0.25) is 0 Å². The van der Waals surface area contributed by atoms with Crippen LogP contribution in [0.3, 0.4) is 0 Å². The van der Waals surface area contributed by atoms with Crippen LogP contribution in [0.5, 0.6) is 0 Å². The minimum atomic E-state index is -0.0624. The number of nitrogens with zero attached hydrogens (tertiary/aromatic N) is 5. The first-order valence-electron chi connectivity index (χ1n) is 6.58. The van der Waals surface area contributed by atoms with Crippen molar-refractivity contribution in [1.29, 1.82) is 0 Å². The molecular formula is C12H20N6O. The Kier molecular flexibility index (Phi) is 4.26. The van der Waals surface area contributed by atoms with Crippen molar-refractivity contribution in [3.8, 4) is 0 Å². The molecule has 1 unspecified atom stereocenters. The first-order valence-corrected chi connectivity index (χ1v) is 6.58. The predicted molar refractivity (Wildman–Crippen MR) is 69.3 cm³/mol. The number of hydrogen-bond donors (Lipinski definition) is 1. The van der Waals surface area contributed by atoms with E-state index >= 15 is 0 Å². The molecule has 19 heavy (non-hydrogen) atoms.